The van der Waals surface area contributed by atoms with Crippen LogP contribution in [0.5, 0.6) is 0 Å². The number of aliphatic hydroxyl groups excluding tert-OH is 1. The molecule has 0 spiro atoms. The largest absolute Gasteiger partial charge is 0.392 e. The van der Waals surface area contributed by atoms with E-state index in [-0.39, 0.29) is 6.61 Å². The Bertz CT molecular complexity index is 520. The first-order chi connectivity index (χ1) is 8.36. The summed E-state index contributed by atoms with van der Waals surface area (Å²) in [6.45, 7) is 1.13. The molecule has 17 heavy (non-hydrogen) atoms. The van der Waals surface area contributed by atoms with Crippen LogP contribution < -0.4 is 0 Å². The Morgan fingerprint density at radius 1 is 1.29 bits per heavy atom. The normalized spacial score (nSPS) is 18.3. The van der Waals surface area contributed by atoms with Crippen LogP contribution in [0.3, 0.4) is 0 Å². The molecule has 0 radical (unpaired) electrons. The summed E-state index contributed by atoms with van der Waals surface area (Å²) in [4.78, 5) is 1.42. The van der Waals surface area contributed by atoms with Gasteiger partial charge >= 0.3 is 0 Å². The minimum absolute atomic E-state index is 0.128. The minimum atomic E-state index is 0.128. The molecule has 1 aromatic carbocycles. The van der Waals surface area contributed by atoms with Crippen molar-refractivity contribution in [2.75, 3.05) is 5.75 Å². The van der Waals surface area contributed by atoms with Crippen LogP contribution in [0.15, 0.2) is 47.6 Å². The van der Waals surface area contributed by atoms with E-state index < -0.39 is 0 Å². The highest BCUT2D eigenvalue weighted by Gasteiger charge is 2.22. The van der Waals surface area contributed by atoms with Crippen molar-refractivity contribution >= 4 is 11.8 Å². The number of nitrogens with zero attached hydrogens (tertiary/aromatic N) is 1. The number of hydrogen-bond donors (Lipinski definition) is 1. The lowest BCUT2D eigenvalue weighted by Crippen LogP contribution is -2.06. The fourth-order valence-corrected chi connectivity index (χ4v) is 3.57. The van der Waals surface area contributed by atoms with Crippen LogP contribution in [0.4, 0.5) is 0 Å². The number of aliphatic hydroxyl groups is 1. The third-order valence-corrected chi connectivity index (χ3v) is 4.48. The molecule has 1 aliphatic heterocycles. The first-order valence-electron chi connectivity index (χ1n) is 5.84. The molecular formula is C14H15NOS. The van der Waals surface area contributed by atoms with Crippen molar-refractivity contribution in [2.45, 2.75) is 24.0 Å². The van der Waals surface area contributed by atoms with Gasteiger partial charge in [0.2, 0.25) is 0 Å². The van der Waals surface area contributed by atoms with Gasteiger partial charge in [-0.2, -0.15) is 0 Å². The fraction of sp³-hybridized carbons (Fsp3) is 0.286. The molecule has 88 valence electrons. The van der Waals surface area contributed by atoms with E-state index in [0.717, 1.165) is 17.9 Å². The molecule has 2 heterocycles. The summed E-state index contributed by atoms with van der Waals surface area (Å²) >= 11 is 1.95. The van der Waals surface area contributed by atoms with Gasteiger partial charge in [-0.15, -0.1) is 11.8 Å². The topological polar surface area (TPSA) is 25.2 Å². The first kappa shape index (κ1) is 10.9. The number of fused-ring (bicyclic) bond motifs is 1. The molecule has 1 aliphatic rings. The summed E-state index contributed by atoms with van der Waals surface area (Å²) < 4.78 is 2.18. The van der Waals surface area contributed by atoms with E-state index in [1.807, 2.05) is 24.0 Å². The second-order valence-electron chi connectivity index (χ2n) is 4.42. The van der Waals surface area contributed by atoms with Crippen LogP contribution >= 0.6 is 11.8 Å². The third-order valence-electron chi connectivity index (χ3n) is 3.22. The lowest BCUT2D eigenvalue weighted by Gasteiger charge is -2.11. The number of rotatable bonds is 3. The molecule has 0 saturated heterocycles. The van der Waals surface area contributed by atoms with E-state index in [2.05, 4.69) is 35.0 Å². The Morgan fingerprint density at radius 2 is 2.18 bits per heavy atom. The third kappa shape index (κ3) is 2.13. The van der Waals surface area contributed by atoms with Gasteiger partial charge in [-0.1, -0.05) is 18.2 Å². The van der Waals surface area contributed by atoms with Crippen LogP contribution in [0.2, 0.25) is 0 Å². The number of hydrogen-bond acceptors (Lipinski definition) is 2. The van der Waals surface area contributed by atoms with Gasteiger partial charge in [-0.05, 0) is 23.3 Å². The molecule has 1 aromatic heterocycles. The summed E-state index contributed by atoms with van der Waals surface area (Å²) in [6.07, 6.45) is 4.09. The molecule has 2 aromatic rings. The lowest BCUT2D eigenvalue weighted by molar-refractivity contribution is 0.281. The van der Waals surface area contributed by atoms with Gasteiger partial charge in [0.1, 0.15) is 0 Å². The Hall–Kier alpha value is -1.19. The second-order valence-corrected chi connectivity index (χ2v) is 5.48. The highest BCUT2D eigenvalue weighted by Crippen LogP contribution is 2.40. The molecule has 0 amide bonds. The van der Waals surface area contributed by atoms with Crippen molar-refractivity contribution in [3.63, 3.8) is 0 Å². The van der Waals surface area contributed by atoms with E-state index >= 15 is 0 Å². The van der Waals surface area contributed by atoms with Crippen molar-refractivity contribution in [3.05, 3.63) is 53.9 Å². The van der Waals surface area contributed by atoms with E-state index in [1.54, 1.807) is 0 Å². The van der Waals surface area contributed by atoms with Gasteiger partial charge in [-0.25, -0.2) is 0 Å². The van der Waals surface area contributed by atoms with Crippen molar-refractivity contribution in [2.24, 2.45) is 0 Å². The zero-order chi connectivity index (χ0) is 11.7. The van der Waals surface area contributed by atoms with Crippen LogP contribution in [0.1, 0.15) is 17.0 Å². The van der Waals surface area contributed by atoms with E-state index in [4.69, 9.17) is 5.11 Å². The zero-order valence-electron chi connectivity index (χ0n) is 9.54. The molecule has 1 unspecified atom stereocenters. The summed E-state index contributed by atoms with van der Waals surface area (Å²) in [6, 6.07) is 10.6. The molecular weight excluding hydrogens is 230 g/mol. The summed E-state index contributed by atoms with van der Waals surface area (Å²) in [7, 11) is 0. The molecule has 3 heteroatoms. The van der Waals surface area contributed by atoms with Crippen LogP contribution in [-0.4, -0.2) is 15.4 Å². The zero-order valence-corrected chi connectivity index (χ0v) is 10.4. The van der Waals surface area contributed by atoms with Gasteiger partial charge < -0.3 is 9.67 Å². The maximum atomic E-state index is 9.05. The Labute approximate surface area is 105 Å². The summed E-state index contributed by atoms with van der Waals surface area (Å²) in [5.41, 5.74) is 2.46. The molecule has 0 fully saturated rings. The highest BCUT2D eigenvalue weighted by atomic mass is 32.2. The van der Waals surface area contributed by atoms with Crippen molar-refractivity contribution in [1.29, 1.82) is 0 Å². The Morgan fingerprint density at radius 3 is 3.00 bits per heavy atom. The first-order valence-corrected chi connectivity index (χ1v) is 6.82. The highest BCUT2D eigenvalue weighted by molar-refractivity contribution is 7.99. The summed E-state index contributed by atoms with van der Waals surface area (Å²) in [5, 5.41) is 9.05. The van der Waals surface area contributed by atoms with E-state index in [0.29, 0.717) is 5.92 Å². The molecule has 1 atom stereocenters. The van der Waals surface area contributed by atoms with Gasteiger partial charge in [0, 0.05) is 35.5 Å². The Kier molecular flexibility index (Phi) is 2.95. The predicted octanol–water partition coefficient (Wildman–Crippen LogP) is 2.87. The van der Waals surface area contributed by atoms with Crippen molar-refractivity contribution in [1.82, 2.24) is 4.57 Å². The fourth-order valence-electron chi connectivity index (χ4n) is 2.33. The maximum absolute atomic E-state index is 9.05. The molecule has 0 aliphatic carbocycles. The maximum Gasteiger partial charge on any atom is 0.0696 e. The van der Waals surface area contributed by atoms with Gasteiger partial charge in [-0.3, -0.25) is 0 Å². The number of benzene rings is 1. The Balaban J connectivity index is 1.79. The molecule has 1 N–H and O–H groups in total. The molecule has 3 rings (SSSR count). The van der Waals surface area contributed by atoms with E-state index in [9.17, 15) is 0 Å². The minimum Gasteiger partial charge on any atom is -0.392 e. The summed E-state index contributed by atoms with van der Waals surface area (Å²) in [5.74, 6) is 1.75. The van der Waals surface area contributed by atoms with Crippen molar-refractivity contribution in [3.8, 4) is 0 Å². The monoisotopic (exact) mass is 245 g/mol. The molecule has 0 saturated carbocycles. The van der Waals surface area contributed by atoms with Crippen LogP contribution in [-0.2, 0) is 13.2 Å². The standard InChI is InChI=1S/C14H15NOS/c16-9-11-5-6-15(7-11)8-12-10-17-14-4-2-1-3-13(12)14/h1-7,12,16H,8-10H2. The van der Waals surface area contributed by atoms with E-state index in [1.165, 1.54) is 10.5 Å². The second kappa shape index (κ2) is 4.59. The van der Waals surface area contributed by atoms with Gasteiger partial charge in [0.05, 0.1) is 6.61 Å². The SMILES string of the molecule is OCc1ccn(CC2CSc3ccccc32)c1. The number of thioether (sulfide) groups is 1. The number of aromatic nitrogens is 1. The molecule has 2 nitrogen and oxygen atoms in total. The van der Waals surface area contributed by atoms with Gasteiger partial charge in [0.15, 0.2) is 0 Å². The quantitative estimate of drug-likeness (QED) is 0.899. The smallest absolute Gasteiger partial charge is 0.0696 e. The van der Waals surface area contributed by atoms with Crippen molar-refractivity contribution < 1.29 is 5.11 Å². The average molecular weight is 245 g/mol. The average Bonchev–Trinajstić information content (AvgIpc) is 2.97. The van der Waals surface area contributed by atoms with Crippen LogP contribution in [0.25, 0.3) is 0 Å². The predicted molar refractivity (Wildman–Crippen MR) is 70.3 cm³/mol. The lowest BCUT2D eigenvalue weighted by atomic mass is 10.0. The molecule has 0 bridgehead atoms. The van der Waals surface area contributed by atoms with Crippen LogP contribution in [0, 0.1) is 0 Å². The van der Waals surface area contributed by atoms with Gasteiger partial charge in [0.25, 0.3) is 0 Å².